The van der Waals surface area contributed by atoms with Gasteiger partial charge in [0.1, 0.15) is 0 Å². The summed E-state index contributed by atoms with van der Waals surface area (Å²) in [7, 11) is 1.79. The Morgan fingerprint density at radius 3 is 3.19 bits per heavy atom. The summed E-state index contributed by atoms with van der Waals surface area (Å²) in [5.41, 5.74) is 5.49. The van der Waals surface area contributed by atoms with Gasteiger partial charge in [-0.2, -0.15) is 5.10 Å². The lowest BCUT2D eigenvalue weighted by Gasteiger charge is -2.35. The van der Waals surface area contributed by atoms with Crippen LogP contribution in [0.25, 0.3) is 16.5 Å². The van der Waals surface area contributed by atoms with E-state index in [2.05, 4.69) is 22.3 Å². The lowest BCUT2D eigenvalue weighted by Crippen LogP contribution is -2.30. The van der Waals surface area contributed by atoms with Gasteiger partial charge in [-0.25, -0.2) is 0 Å². The number of aromatic nitrogens is 2. The van der Waals surface area contributed by atoms with Gasteiger partial charge in [0.05, 0.1) is 22.8 Å². The van der Waals surface area contributed by atoms with E-state index in [-0.39, 0.29) is 11.5 Å². The Hall–Kier alpha value is -1.32. The van der Waals surface area contributed by atoms with Crippen molar-refractivity contribution in [2.45, 2.75) is 31.8 Å². The highest BCUT2D eigenvalue weighted by molar-refractivity contribution is 6.34. The number of halogens is 1. The summed E-state index contributed by atoms with van der Waals surface area (Å²) in [5, 5.41) is 9.49. The van der Waals surface area contributed by atoms with E-state index in [0.717, 1.165) is 17.0 Å². The highest BCUT2D eigenvalue weighted by Gasteiger charge is 2.54. The second-order valence-electron chi connectivity index (χ2n) is 6.76. The molecule has 1 N–H and O–H groups in total. The molecule has 3 aliphatic rings. The molecular weight excluding hydrogens is 284 g/mol. The average molecular weight is 301 g/mol. The van der Waals surface area contributed by atoms with Crippen molar-refractivity contribution in [2.24, 2.45) is 11.3 Å². The number of rotatable bonds is 1. The smallest absolute Gasteiger partial charge is 0.0958 e. The Morgan fingerprint density at radius 1 is 1.43 bits per heavy atom. The fourth-order valence-electron chi connectivity index (χ4n) is 5.05. The van der Waals surface area contributed by atoms with Crippen LogP contribution in [0, 0.1) is 11.3 Å². The first-order chi connectivity index (χ1) is 10.2. The van der Waals surface area contributed by atoms with Crippen LogP contribution in [0.4, 0.5) is 0 Å². The number of hydrogen-bond donors (Lipinski definition) is 1. The van der Waals surface area contributed by atoms with E-state index in [1.807, 2.05) is 6.20 Å². The van der Waals surface area contributed by atoms with Crippen molar-refractivity contribution in [3.05, 3.63) is 34.5 Å². The molecule has 108 valence electrons. The summed E-state index contributed by atoms with van der Waals surface area (Å²) in [4.78, 5) is 0. The summed E-state index contributed by atoms with van der Waals surface area (Å²) in [5.74, 6) is 0.584. The summed E-state index contributed by atoms with van der Waals surface area (Å²) in [6.45, 7) is 0. The van der Waals surface area contributed by atoms with E-state index in [4.69, 9.17) is 16.3 Å². The van der Waals surface area contributed by atoms with Crippen LogP contribution < -0.4 is 0 Å². The summed E-state index contributed by atoms with van der Waals surface area (Å²) < 4.78 is 5.72. The molecule has 3 atom stereocenters. The van der Waals surface area contributed by atoms with Crippen LogP contribution in [0.2, 0.25) is 0 Å². The summed E-state index contributed by atoms with van der Waals surface area (Å²) in [6.07, 6.45) is 6.82. The number of benzene rings is 1. The molecule has 4 heteroatoms. The third-order valence-electron chi connectivity index (χ3n) is 5.87. The predicted molar refractivity (Wildman–Crippen MR) is 83.1 cm³/mol. The van der Waals surface area contributed by atoms with Gasteiger partial charge < -0.3 is 4.74 Å². The summed E-state index contributed by atoms with van der Waals surface area (Å²) in [6, 6.07) is 4.34. The fourth-order valence-corrected chi connectivity index (χ4v) is 5.62. The fraction of sp³-hybridized carbons (Fsp3) is 0.471. The topological polar surface area (TPSA) is 37.9 Å². The molecule has 0 saturated heterocycles. The van der Waals surface area contributed by atoms with Gasteiger partial charge in [0, 0.05) is 17.9 Å². The molecule has 0 unspecified atom stereocenters. The normalized spacial score (nSPS) is 33.6. The van der Waals surface area contributed by atoms with Crippen LogP contribution in [-0.2, 0) is 11.2 Å². The van der Waals surface area contributed by atoms with Gasteiger partial charge in [-0.15, -0.1) is 0 Å². The number of hydrogen-bond acceptors (Lipinski definition) is 2. The Morgan fingerprint density at radius 2 is 2.33 bits per heavy atom. The van der Waals surface area contributed by atoms with Crippen LogP contribution >= 0.6 is 11.6 Å². The van der Waals surface area contributed by atoms with E-state index in [0.29, 0.717) is 5.92 Å². The second-order valence-corrected chi connectivity index (χ2v) is 7.17. The van der Waals surface area contributed by atoms with Crippen LogP contribution in [0.5, 0.6) is 0 Å². The average Bonchev–Trinajstić information content (AvgIpc) is 3.15. The molecular formula is C17H17ClN2O. The molecule has 1 aromatic carbocycles. The molecule has 1 saturated carbocycles. The first kappa shape index (κ1) is 12.2. The molecule has 1 fully saturated rings. The second kappa shape index (κ2) is 3.90. The Kier molecular flexibility index (Phi) is 2.28. The van der Waals surface area contributed by atoms with Gasteiger partial charge in [-0.3, -0.25) is 5.10 Å². The van der Waals surface area contributed by atoms with Crippen molar-refractivity contribution in [3.8, 4) is 0 Å². The van der Waals surface area contributed by atoms with E-state index < -0.39 is 0 Å². The number of fused-ring (bicyclic) bond motifs is 5. The van der Waals surface area contributed by atoms with Crippen molar-refractivity contribution in [1.82, 2.24) is 10.2 Å². The lowest BCUT2D eigenvalue weighted by atomic mass is 9.74. The number of nitrogens with zero attached hydrogens (tertiary/aromatic N) is 1. The number of methoxy groups -OCH3 is 1. The van der Waals surface area contributed by atoms with Gasteiger partial charge in [-0.05, 0) is 54.4 Å². The standard InChI is InChI=1S/C17H17ClN2O/c1-21-16-9-4-5-17(6-9)7-11-10(14(17)15(16)18)2-3-13-12(11)8-19-20-13/h2-3,8-9,16H,4-7H2,1H3,(H,19,20)/t9-,16-,17+/m1/s1. The van der Waals surface area contributed by atoms with E-state index >= 15 is 0 Å². The summed E-state index contributed by atoms with van der Waals surface area (Å²) >= 11 is 6.79. The van der Waals surface area contributed by atoms with E-state index in [9.17, 15) is 0 Å². The Labute approximate surface area is 128 Å². The third kappa shape index (κ3) is 1.37. The maximum atomic E-state index is 6.79. The predicted octanol–water partition coefficient (Wildman–Crippen LogP) is 3.88. The van der Waals surface area contributed by atoms with Crippen LogP contribution in [0.15, 0.2) is 23.4 Å². The molecule has 5 rings (SSSR count). The Balaban J connectivity index is 1.82. The van der Waals surface area contributed by atoms with Crippen molar-refractivity contribution in [1.29, 1.82) is 0 Å². The number of ether oxygens (including phenoxy) is 1. The highest BCUT2D eigenvalue weighted by Crippen LogP contribution is 2.64. The molecule has 0 amide bonds. The molecule has 0 aliphatic heterocycles. The van der Waals surface area contributed by atoms with Gasteiger partial charge in [-0.1, -0.05) is 17.7 Å². The number of H-pyrrole nitrogens is 1. The molecule has 3 nitrogen and oxygen atoms in total. The molecule has 2 bridgehead atoms. The van der Waals surface area contributed by atoms with Crippen molar-refractivity contribution in [3.63, 3.8) is 0 Å². The Bertz CT molecular complexity index is 793. The maximum absolute atomic E-state index is 6.79. The van der Waals surface area contributed by atoms with Crippen molar-refractivity contribution >= 4 is 28.1 Å². The quantitative estimate of drug-likeness (QED) is 0.868. The zero-order valence-electron chi connectivity index (χ0n) is 11.9. The maximum Gasteiger partial charge on any atom is 0.0958 e. The molecule has 0 radical (unpaired) electrons. The minimum atomic E-state index is 0.0864. The molecule has 3 aliphatic carbocycles. The SMILES string of the molecule is CO[C@H]1C(Cl)=C2c3ccc4[nH]ncc4c3C[C@@]23CC[C@@H]1C3. The highest BCUT2D eigenvalue weighted by atomic mass is 35.5. The van der Waals surface area contributed by atoms with Gasteiger partial charge in [0.25, 0.3) is 0 Å². The molecule has 1 heterocycles. The van der Waals surface area contributed by atoms with Gasteiger partial charge >= 0.3 is 0 Å². The van der Waals surface area contributed by atoms with Gasteiger partial charge in [0.15, 0.2) is 0 Å². The first-order valence-corrected chi connectivity index (χ1v) is 7.99. The van der Waals surface area contributed by atoms with Crippen LogP contribution in [0.1, 0.15) is 30.4 Å². The lowest BCUT2D eigenvalue weighted by molar-refractivity contribution is 0.0799. The number of aromatic amines is 1. The molecule has 21 heavy (non-hydrogen) atoms. The number of allylic oxidation sites excluding steroid dienone is 1. The van der Waals surface area contributed by atoms with E-state index in [1.54, 1.807) is 7.11 Å². The molecule has 1 aromatic heterocycles. The van der Waals surface area contributed by atoms with Crippen LogP contribution in [0.3, 0.4) is 0 Å². The van der Waals surface area contributed by atoms with Crippen molar-refractivity contribution < 1.29 is 4.74 Å². The largest absolute Gasteiger partial charge is 0.376 e. The zero-order valence-corrected chi connectivity index (χ0v) is 12.7. The third-order valence-corrected chi connectivity index (χ3v) is 6.27. The minimum absolute atomic E-state index is 0.0864. The van der Waals surface area contributed by atoms with Gasteiger partial charge in [0.2, 0.25) is 0 Å². The monoisotopic (exact) mass is 300 g/mol. The number of nitrogens with one attached hydrogen (secondary N) is 1. The molecule has 1 spiro atoms. The minimum Gasteiger partial charge on any atom is -0.376 e. The van der Waals surface area contributed by atoms with Crippen molar-refractivity contribution in [2.75, 3.05) is 7.11 Å². The zero-order chi connectivity index (χ0) is 14.2. The van der Waals surface area contributed by atoms with Crippen LogP contribution in [-0.4, -0.2) is 23.4 Å². The van der Waals surface area contributed by atoms with E-state index in [1.165, 1.54) is 41.3 Å². The molecule has 2 aromatic rings. The first-order valence-electron chi connectivity index (χ1n) is 7.62.